The second kappa shape index (κ2) is 6.70. The molecule has 0 aliphatic rings. The third-order valence-corrected chi connectivity index (χ3v) is 2.94. The van der Waals surface area contributed by atoms with Crippen molar-refractivity contribution in [2.45, 2.75) is 19.9 Å². The first-order valence-electron chi connectivity index (χ1n) is 6.26. The van der Waals surface area contributed by atoms with Crippen LogP contribution >= 0.6 is 0 Å². The van der Waals surface area contributed by atoms with Gasteiger partial charge in [-0.3, -0.25) is 9.59 Å². The summed E-state index contributed by atoms with van der Waals surface area (Å²) in [6, 6.07) is 5.00. The molecule has 0 saturated heterocycles. The van der Waals surface area contributed by atoms with Gasteiger partial charge in [0, 0.05) is 19.2 Å². The van der Waals surface area contributed by atoms with Crippen molar-refractivity contribution in [1.82, 2.24) is 10.2 Å². The van der Waals surface area contributed by atoms with Gasteiger partial charge >= 0.3 is 5.97 Å². The average Bonchev–Trinajstić information content (AvgIpc) is 2.45. The van der Waals surface area contributed by atoms with Crippen LogP contribution in [0.25, 0.3) is 0 Å². The Kier molecular flexibility index (Phi) is 5.25. The smallest absolute Gasteiger partial charge is 0.335 e. The van der Waals surface area contributed by atoms with E-state index in [-0.39, 0.29) is 17.0 Å². The predicted octanol–water partition coefficient (Wildman–Crippen LogP) is 0.981. The molecule has 20 heavy (non-hydrogen) atoms. The zero-order valence-corrected chi connectivity index (χ0v) is 11.7. The van der Waals surface area contributed by atoms with Gasteiger partial charge in [-0.1, -0.05) is 6.07 Å². The van der Waals surface area contributed by atoms with Crippen LogP contribution in [0.15, 0.2) is 24.3 Å². The highest BCUT2D eigenvalue weighted by Gasteiger charge is 2.19. The Hall–Kier alpha value is -2.37. The summed E-state index contributed by atoms with van der Waals surface area (Å²) < 4.78 is 0. The van der Waals surface area contributed by atoms with Gasteiger partial charge in [0.05, 0.1) is 5.56 Å². The van der Waals surface area contributed by atoms with E-state index >= 15 is 0 Å². The van der Waals surface area contributed by atoms with Gasteiger partial charge in [-0.2, -0.15) is 0 Å². The average molecular weight is 278 g/mol. The lowest BCUT2D eigenvalue weighted by molar-refractivity contribution is -0.131. The second-order valence-corrected chi connectivity index (χ2v) is 4.43. The van der Waals surface area contributed by atoms with Crippen molar-refractivity contribution in [3.63, 3.8) is 0 Å². The molecule has 6 heteroatoms. The van der Waals surface area contributed by atoms with Crippen LogP contribution in [0.3, 0.4) is 0 Å². The zero-order valence-electron chi connectivity index (χ0n) is 11.7. The van der Waals surface area contributed by atoms with Crippen LogP contribution in [0.5, 0.6) is 0 Å². The van der Waals surface area contributed by atoms with Crippen LogP contribution in [0.2, 0.25) is 0 Å². The standard InChI is InChI=1S/C14H18N2O4/c1-4-16(3)13(18)9(2)15-12(17)10-6-5-7-11(8-10)14(19)20/h5-9H,4H2,1-3H3,(H,15,17)(H,19,20). The number of aromatic carboxylic acids is 1. The Morgan fingerprint density at radius 3 is 2.45 bits per heavy atom. The molecule has 1 aromatic carbocycles. The van der Waals surface area contributed by atoms with Gasteiger partial charge < -0.3 is 15.3 Å². The molecule has 0 aliphatic heterocycles. The number of hydrogen-bond donors (Lipinski definition) is 2. The number of carboxylic acids is 1. The van der Waals surface area contributed by atoms with E-state index in [1.165, 1.54) is 29.2 Å². The minimum absolute atomic E-state index is 0.0299. The fourth-order valence-corrected chi connectivity index (χ4v) is 1.62. The molecule has 1 rings (SSSR count). The molecule has 1 atom stereocenters. The van der Waals surface area contributed by atoms with E-state index in [0.717, 1.165) is 0 Å². The van der Waals surface area contributed by atoms with Gasteiger partial charge in [-0.15, -0.1) is 0 Å². The number of carbonyl (C=O) groups excluding carboxylic acids is 2. The first-order chi connectivity index (χ1) is 9.36. The van der Waals surface area contributed by atoms with Crippen molar-refractivity contribution >= 4 is 17.8 Å². The van der Waals surface area contributed by atoms with Gasteiger partial charge in [0.25, 0.3) is 5.91 Å². The minimum Gasteiger partial charge on any atom is -0.478 e. The van der Waals surface area contributed by atoms with E-state index < -0.39 is 17.9 Å². The summed E-state index contributed by atoms with van der Waals surface area (Å²) in [7, 11) is 1.65. The summed E-state index contributed by atoms with van der Waals surface area (Å²) in [5.41, 5.74) is 0.242. The summed E-state index contributed by atoms with van der Waals surface area (Å²) in [5, 5.41) is 11.4. The van der Waals surface area contributed by atoms with Crippen LogP contribution in [-0.2, 0) is 4.79 Å². The number of carbonyl (C=O) groups is 3. The maximum atomic E-state index is 12.0. The van der Waals surface area contributed by atoms with Gasteiger partial charge in [0.1, 0.15) is 6.04 Å². The highest BCUT2D eigenvalue weighted by atomic mass is 16.4. The van der Waals surface area contributed by atoms with E-state index in [0.29, 0.717) is 6.54 Å². The van der Waals surface area contributed by atoms with Crippen LogP contribution in [0.4, 0.5) is 0 Å². The van der Waals surface area contributed by atoms with Crippen LogP contribution < -0.4 is 5.32 Å². The molecule has 1 unspecified atom stereocenters. The van der Waals surface area contributed by atoms with E-state index in [1.54, 1.807) is 14.0 Å². The quantitative estimate of drug-likeness (QED) is 0.840. The molecular weight excluding hydrogens is 260 g/mol. The highest BCUT2D eigenvalue weighted by Crippen LogP contribution is 2.06. The van der Waals surface area contributed by atoms with E-state index in [9.17, 15) is 14.4 Å². The number of likely N-dealkylation sites (N-methyl/N-ethyl adjacent to an activating group) is 1. The number of carboxylic acid groups (broad SMARTS) is 1. The molecule has 0 bridgehead atoms. The third-order valence-electron chi connectivity index (χ3n) is 2.94. The molecule has 0 spiro atoms. The Bertz CT molecular complexity index is 528. The first kappa shape index (κ1) is 15.7. The Morgan fingerprint density at radius 1 is 1.30 bits per heavy atom. The topological polar surface area (TPSA) is 86.7 Å². The third kappa shape index (κ3) is 3.81. The van der Waals surface area contributed by atoms with E-state index in [4.69, 9.17) is 5.11 Å². The summed E-state index contributed by atoms with van der Waals surface area (Å²) in [5.74, 6) is -1.77. The summed E-state index contributed by atoms with van der Waals surface area (Å²) >= 11 is 0. The van der Waals surface area contributed by atoms with Gasteiger partial charge in [-0.05, 0) is 32.0 Å². The van der Waals surface area contributed by atoms with Crippen LogP contribution in [0.1, 0.15) is 34.6 Å². The SMILES string of the molecule is CCN(C)C(=O)C(C)NC(=O)c1cccc(C(=O)O)c1. The van der Waals surface area contributed by atoms with Crippen molar-refractivity contribution in [3.8, 4) is 0 Å². The van der Waals surface area contributed by atoms with Gasteiger partial charge in [0.15, 0.2) is 0 Å². The lowest BCUT2D eigenvalue weighted by Gasteiger charge is -2.20. The second-order valence-electron chi connectivity index (χ2n) is 4.43. The highest BCUT2D eigenvalue weighted by molar-refractivity contribution is 5.99. The number of nitrogens with zero attached hydrogens (tertiary/aromatic N) is 1. The van der Waals surface area contributed by atoms with Crippen LogP contribution in [-0.4, -0.2) is 47.4 Å². The van der Waals surface area contributed by atoms with Gasteiger partial charge in [0.2, 0.25) is 5.91 Å². The molecule has 1 aromatic rings. The molecule has 0 aromatic heterocycles. The fourth-order valence-electron chi connectivity index (χ4n) is 1.62. The van der Waals surface area contributed by atoms with Crippen molar-refractivity contribution in [2.24, 2.45) is 0 Å². The number of benzene rings is 1. The molecule has 6 nitrogen and oxygen atoms in total. The number of rotatable bonds is 5. The zero-order chi connectivity index (χ0) is 15.3. The molecule has 0 heterocycles. The molecule has 108 valence electrons. The summed E-state index contributed by atoms with van der Waals surface area (Å²) in [6.07, 6.45) is 0. The maximum absolute atomic E-state index is 12.0. The fraction of sp³-hybridized carbons (Fsp3) is 0.357. The normalized spacial score (nSPS) is 11.6. The first-order valence-corrected chi connectivity index (χ1v) is 6.26. The van der Waals surface area contributed by atoms with Crippen molar-refractivity contribution in [2.75, 3.05) is 13.6 Å². The van der Waals surface area contributed by atoms with Crippen LogP contribution in [0, 0.1) is 0 Å². The maximum Gasteiger partial charge on any atom is 0.335 e. The van der Waals surface area contributed by atoms with Crippen molar-refractivity contribution < 1.29 is 19.5 Å². The Balaban J connectivity index is 2.79. The minimum atomic E-state index is -1.10. The molecular formula is C14H18N2O4. The Labute approximate surface area is 117 Å². The molecule has 2 N–H and O–H groups in total. The lowest BCUT2D eigenvalue weighted by Crippen LogP contribution is -2.45. The molecule has 0 fully saturated rings. The number of nitrogens with one attached hydrogen (secondary N) is 1. The molecule has 0 aliphatic carbocycles. The molecule has 0 radical (unpaired) electrons. The molecule has 2 amide bonds. The Morgan fingerprint density at radius 2 is 1.90 bits per heavy atom. The summed E-state index contributed by atoms with van der Waals surface area (Å²) in [6.45, 7) is 3.98. The van der Waals surface area contributed by atoms with Crippen molar-refractivity contribution in [3.05, 3.63) is 35.4 Å². The van der Waals surface area contributed by atoms with E-state index in [1.807, 2.05) is 6.92 Å². The van der Waals surface area contributed by atoms with E-state index in [2.05, 4.69) is 5.32 Å². The number of hydrogen-bond acceptors (Lipinski definition) is 3. The molecule has 0 saturated carbocycles. The summed E-state index contributed by atoms with van der Waals surface area (Å²) in [4.78, 5) is 36.1. The van der Waals surface area contributed by atoms with Crippen molar-refractivity contribution in [1.29, 1.82) is 0 Å². The monoisotopic (exact) mass is 278 g/mol. The van der Waals surface area contributed by atoms with Gasteiger partial charge in [-0.25, -0.2) is 4.79 Å². The number of amides is 2. The predicted molar refractivity (Wildman–Crippen MR) is 73.6 cm³/mol. The largest absolute Gasteiger partial charge is 0.478 e. The lowest BCUT2D eigenvalue weighted by atomic mass is 10.1.